The minimum atomic E-state index is -0.164. The molecule has 0 aliphatic carbocycles. The highest BCUT2D eigenvalue weighted by molar-refractivity contribution is 7.09. The molecule has 2 N–H and O–H groups in total. The van der Waals surface area contributed by atoms with Gasteiger partial charge in [0.2, 0.25) is 5.91 Å². The third-order valence-corrected chi connectivity index (χ3v) is 3.65. The van der Waals surface area contributed by atoms with Crippen molar-refractivity contribution >= 4 is 28.6 Å². The molecule has 0 bridgehead atoms. The molecule has 0 saturated carbocycles. The number of aromatic nitrogens is 1. The van der Waals surface area contributed by atoms with Gasteiger partial charge < -0.3 is 15.4 Å². The lowest BCUT2D eigenvalue weighted by Gasteiger charge is -2.09. The first kappa shape index (κ1) is 14.5. The summed E-state index contributed by atoms with van der Waals surface area (Å²) in [6, 6.07) is 7.59. The number of amides is 1. The van der Waals surface area contributed by atoms with E-state index in [-0.39, 0.29) is 12.5 Å². The van der Waals surface area contributed by atoms with E-state index in [1.165, 1.54) is 12.0 Å². The fourth-order valence-corrected chi connectivity index (χ4v) is 2.43. The lowest BCUT2D eigenvalue weighted by Crippen LogP contribution is -2.17. The van der Waals surface area contributed by atoms with Gasteiger partial charge in [-0.3, -0.25) is 4.79 Å². The molecule has 1 aromatic heterocycles. The zero-order valence-electron chi connectivity index (χ0n) is 11.5. The third-order valence-electron chi connectivity index (χ3n) is 2.72. The molecular formula is C14H17N3O2S. The Balaban J connectivity index is 1.95. The molecule has 5 nitrogen and oxygen atoms in total. The molecule has 0 radical (unpaired) electrons. The van der Waals surface area contributed by atoms with E-state index < -0.39 is 0 Å². The number of thiazole rings is 1. The number of methoxy groups -OCH3 is 1. The van der Waals surface area contributed by atoms with Crippen LogP contribution in [0.15, 0.2) is 29.8 Å². The number of ether oxygens (including phenoxy) is 1. The second-order valence-electron chi connectivity index (χ2n) is 4.28. The van der Waals surface area contributed by atoms with Gasteiger partial charge in [0.1, 0.15) is 6.61 Å². The van der Waals surface area contributed by atoms with E-state index in [1.807, 2.05) is 36.7 Å². The quantitative estimate of drug-likeness (QED) is 0.859. The lowest BCUT2D eigenvalue weighted by atomic mass is 10.2. The number of nitrogens with zero attached hydrogens (tertiary/aromatic N) is 1. The van der Waals surface area contributed by atoms with Gasteiger partial charge in [0.25, 0.3) is 0 Å². The maximum atomic E-state index is 11.4. The first-order valence-electron chi connectivity index (χ1n) is 6.20. The van der Waals surface area contributed by atoms with E-state index in [2.05, 4.69) is 15.6 Å². The van der Waals surface area contributed by atoms with Gasteiger partial charge in [0.05, 0.1) is 17.7 Å². The number of carbonyl (C=O) groups excluding carboxylic acids is 1. The van der Waals surface area contributed by atoms with Gasteiger partial charge in [-0.25, -0.2) is 4.98 Å². The molecule has 0 spiro atoms. The summed E-state index contributed by atoms with van der Waals surface area (Å²) in [7, 11) is 1.49. The van der Waals surface area contributed by atoms with Crippen molar-refractivity contribution in [2.45, 2.75) is 13.5 Å². The monoisotopic (exact) mass is 291 g/mol. The highest BCUT2D eigenvalue weighted by Crippen LogP contribution is 2.18. The van der Waals surface area contributed by atoms with Crippen LogP contribution in [0.1, 0.15) is 10.6 Å². The standard InChI is InChI=1S/C14H17N3O2S/c1-10-13(20-9-16-10)7-15-11-4-3-5-12(6-11)17-14(18)8-19-2/h3-6,9,15H,7-8H2,1-2H3,(H,17,18). The molecular weight excluding hydrogens is 274 g/mol. The van der Waals surface area contributed by atoms with Crippen LogP contribution in [0.5, 0.6) is 0 Å². The van der Waals surface area contributed by atoms with Crippen LogP contribution in [0.4, 0.5) is 11.4 Å². The molecule has 0 atom stereocenters. The average molecular weight is 291 g/mol. The second kappa shape index (κ2) is 7.02. The fraction of sp³-hybridized carbons (Fsp3) is 0.286. The predicted octanol–water partition coefficient (Wildman–Crippen LogP) is 2.65. The van der Waals surface area contributed by atoms with Crippen LogP contribution in [0.25, 0.3) is 0 Å². The van der Waals surface area contributed by atoms with Gasteiger partial charge in [-0.15, -0.1) is 11.3 Å². The average Bonchev–Trinajstić information content (AvgIpc) is 2.82. The van der Waals surface area contributed by atoms with Gasteiger partial charge in [-0.2, -0.15) is 0 Å². The topological polar surface area (TPSA) is 63.2 Å². The molecule has 6 heteroatoms. The zero-order chi connectivity index (χ0) is 14.4. The Hall–Kier alpha value is -1.92. The number of hydrogen-bond donors (Lipinski definition) is 2. The lowest BCUT2D eigenvalue weighted by molar-refractivity contribution is -0.119. The minimum Gasteiger partial charge on any atom is -0.380 e. The van der Waals surface area contributed by atoms with Crippen molar-refractivity contribution in [1.82, 2.24) is 4.98 Å². The molecule has 0 aliphatic rings. The van der Waals surface area contributed by atoms with Crippen molar-refractivity contribution in [3.05, 3.63) is 40.3 Å². The van der Waals surface area contributed by atoms with Crippen LogP contribution >= 0.6 is 11.3 Å². The highest BCUT2D eigenvalue weighted by atomic mass is 32.1. The second-order valence-corrected chi connectivity index (χ2v) is 5.22. The Bertz CT molecular complexity index is 583. The number of hydrogen-bond acceptors (Lipinski definition) is 5. The maximum Gasteiger partial charge on any atom is 0.250 e. The van der Waals surface area contributed by atoms with Crippen molar-refractivity contribution in [2.24, 2.45) is 0 Å². The van der Waals surface area contributed by atoms with Gasteiger partial charge in [0, 0.05) is 23.4 Å². The van der Waals surface area contributed by atoms with Crippen molar-refractivity contribution < 1.29 is 9.53 Å². The first-order valence-corrected chi connectivity index (χ1v) is 7.08. The summed E-state index contributed by atoms with van der Waals surface area (Å²) in [4.78, 5) is 16.9. The van der Waals surface area contributed by atoms with Crippen molar-refractivity contribution in [3.63, 3.8) is 0 Å². The Morgan fingerprint density at radius 1 is 1.40 bits per heavy atom. The number of aryl methyl sites for hydroxylation is 1. The molecule has 0 aliphatic heterocycles. The Morgan fingerprint density at radius 3 is 2.90 bits per heavy atom. The summed E-state index contributed by atoms with van der Waals surface area (Å²) in [6.45, 7) is 2.78. The van der Waals surface area contributed by atoms with E-state index in [0.717, 1.165) is 23.6 Å². The molecule has 0 fully saturated rings. The Labute approximate surface area is 122 Å². The van der Waals surface area contributed by atoms with Gasteiger partial charge in [0.15, 0.2) is 0 Å². The molecule has 106 valence electrons. The van der Waals surface area contributed by atoms with Gasteiger partial charge in [-0.1, -0.05) is 6.07 Å². The fourth-order valence-electron chi connectivity index (χ4n) is 1.71. The SMILES string of the molecule is COCC(=O)Nc1cccc(NCc2scnc2C)c1. The Morgan fingerprint density at radius 2 is 2.20 bits per heavy atom. The maximum absolute atomic E-state index is 11.4. The first-order chi connectivity index (χ1) is 9.69. The van der Waals surface area contributed by atoms with Crippen LogP contribution in [0.3, 0.4) is 0 Å². The third kappa shape index (κ3) is 4.04. The molecule has 2 aromatic rings. The summed E-state index contributed by atoms with van der Waals surface area (Å²) < 4.78 is 4.78. The van der Waals surface area contributed by atoms with Crippen LogP contribution in [-0.4, -0.2) is 24.6 Å². The van der Waals surface area contributed by atoms with E-state index in [0.29, 0.717) is 0 Å². The molecule has 1 aromatic carbocycles. The van der Waals surface area contributed by atoms with Crippen LogP contribution < -0.4 is 10.6 Å². The smallest absolute Gasteiger partial charge is 0.250 e. The van der Waals surface area contributed by atoms with E-state index in [1.54, 1.807) is 11.3 Å². The number of rotatable bonds is 6. The predicted molar refractivity (Wildman–Crippen MR) is 81.1 cm³/mol. The van der Waals surface area contributed by atoms with Crippen molar-refractivity contribution in [3.8, 4) is 0 Å². The van der Waals surface area contributed by atoms with Crippen molar-refractivity contribution in [1.29, 1.82) is 0 Å². The number of benzene rings is 1. The van der Waals surface area contributed by atoms with Crippen LogP contribution in [0.2, 0.25) is 0 Å². The molecule has 0 saturated heterocycles. The van der Waals surface area contributed by atoms with Crippen LogP contribution in [0, 0.1) is 6.92 Å². The summed E-state index contributed by atoms with van der Waals surface area (Å²) in [5.74, 6) is -0.164. The summed E-state index contributed by atoms with van der Waals surface area (Å²) in [6.07, 6.45) is 0. The van der Waals surface area contributed by atoms with Crippen LogP contribution in [-0.2, 0) is 16.1 Å². The molecule has 1 amide bonds. The molecule has 1 heterocycles. The van der Waals surface area contributed by atoms with E-state index in [4.69, 9.17) is 4.74 Å². The number of anilines is 2. The number of nitrogens with one attached hydrogen (secondary N) is 2. The highest BCUT2D eigenvalue weighted by Gasteiger charge is 2.03. The molecule has 0 unspecified atom stereocenters. The van der Waals surface area contributed by atoms with E-state index >= 15 is 0 Å². The molecule has 2 rings (SSSR count). The van der Waals surface area contributed by atoms with Gasteiger partial charge in [-0.05, 0) is 25.1 Å². The summed E-state index contributed by atoms with van der Waals surface area (Å²) in [5.41, 5.74) is 4.59. The van der Waals surface area contributed by atoms with E-state index in [9.17, 15) is 4.79 Å². The number of carbonyl (C=O) groups is 1. The summed E-state index contributed by atoms with van der Waals surface area (Å²) in [5, 5.41) is 6.10. The largest absolute Gasteiger partial charge is 0.380 e. The summed E-state index contributed by atoms with van der Waals surface area (Å²) >= 11 is 1.63. The molecule has 20 heavy (non-hydrogen) atoms. The van der Waals surface area contributed by atoms with Gasteiger partial charge >= 0.3 is 0 Å². The minimum absolute atomic E-state index is 0.0533. The zero-order valence-corrected chi connectivity index (χ0v) is 12.3. The Kier molecular flexibility index (Phi) is 5.09. The van der Waals surface area contributed by atoms with Crippen molar-refractivity contribution in [2.75, 3.05) is 24.4 Å². The normalized spacial score (nSPS) is 10.3.